The van der Waals surface area contributed by atoms with Crippen LogP contribution in [-0.2, 0) is 14.3 Å². The number of ether oxygens (including phenoxy) is 1. The molecule has 2 aliphatic rings. The van der Waals surface area contributed by atoms with E-state index in [1.54, 1.807) is 0 Å². The largest absolute Gasteiger partial charge is 0.375 e. The number of carbonyl (C=O) groups excluding carboxylic acids is 2. The van der Waals surface area contributed by atoms with Gasteiger partial charge in [-0.25, -0.2) is 0 Å². The number of piperidine rings is 1. The van der Waals surface area contributed by atoms with E-state index in [4.69, 9.17) is 10.5 Å². The second kappa shape index (κ2) is 8.64. The van der Waals surface area contributed by atoms with Gasteiger partial charge >= 0.3 is 0 Å². The van der Waals surface area contributed by atoms with Gasteiger partial charge in [-0.1, -0.05) is 0 Å². The van der Waals surface area contributed by atoms with Crippen LogP contribution >= 0.6 is 0 Å². The van der Waals surface area contributed by atoms with Crippen molar-refractivity contribution in [2.45, 2.75) is 58.1 Å². The Kier molecular flexibility index (Phi) is 6.84. The van der Waals surface area contributed by atoms with Crippen LogP contribution in [0.2, 0.25) is 0 Å². The minimum absolute atomic E-state index is 0.0197. The molecule has 0 aromatic rings. The monoisotopic (exact) mass is 325 g/mol. The van der Waals surface area contributed by atoms with Crippen LogP contribution in [-0.4, -0.2) is 66.5 Å². The van der Waals surface area contributed by atoms with Crippen LogP contribution in [0, 0.1) is 5.92 Å². The van der Waals surface area contributed by atoms with Crippen LogP contribution in [0.1, 0.15) is 46.0 Å². The minimum Gasteiger partial charge on any atom is -0.375 e. The number of carbonyl (C=O) groups is 2. The minimum atomic E-state index is -0.229. The zero-order chi connectivity index (χ0) is 16.8. The molecule has 2 aliphatic heterocycles. The highest BCUT2D eigenvalue weighted by Crippen LogP contribution is 2.23. The molecule has 2 amide bonds. The van der Waals surface area contributed by atoms with Crippen molar-refractivity contribution in [1.29, 1.82) is 0 Å². The Morgan fingerprint density at radius 3 is 2.52 bits per heavy atom. The lowest BCUT2D eigenvalue weighted by Gasteiger charge is -2.37. The van der Waals surface area contributed by atoms with Crippen LogP contribution in [0.4, 0.5) is 0 Å². The fraction of sp³-hybridized carbons (Fsp3) is 0.882. The first kappa shape index (κ1) is 18.2. The topological polar surface area (TPSA) is 75.9 Å². The second-order valence-electron chi connectivity index (χ2n) is 7.11. The highest BCUT2D eigenvalue weighted by molar-refractivity contribution is 5.77. The summed E-state index contributed by atoms with van der Waals surface area (Å²) in [6, 6.07) is 0.498. The van der Waals surface area contributed by atoms with Crippen molar-refractivity contribution in [1.82, 2.24) is 9.80 Å². The molecule has 0 unspecified atom stereocenters. The lowest BCUT2D eigenvalue weighted by atomic mass is 9.92. The van der Waals surface area contributed by atoms with Gasteiger partial charge < -0.3 is 15.4 Å². The van der Waals surface area contributed by atoms with E-state index in [-0.39, 0.29) is 17.9 Å². The normalized spacial score (nSPS) is 24.1. The number of rotatable bonds is 6. The lowest BCUT2D eigenvalue weighted by Crippen LogP contribution is -2.48. The molecule has 0 spiro atoms. The van der Waals surface area contributed by atoms with Gasteiger partial charge in [-0.05, 0) is 39.0 Å². The van der Waals surface area contributed by atoms with Crippen molar-refractivity contribution in [2.75, 3.05) is 32.8 Å². The number of primary amides is 1. The Labute approximate surface area is 139 Å². The first-order chi connectivity index (χ1) is 11.0. The number of nitrogens with two attached hydrogens (primary N) is 1. The molecule has 2 fully saturated rings. The molecule has 132 valence electrons. The van der Waals surface area contributed by atoms with Crippen LogP contribution in [0.3, 0.4) is 0 Å². The summed E-state index contributed by atoms with van der Waals surface area (Å²) in [7, 11) is 0. The van der Waals surface area contributed by atoms with Gasteiger partial charge in [-0.15, -0.1) is 0 Å². The average Bonchev–Trinajstić information content (AvgIpc) is 2.53. The predicted octanol–water partition coefficient (Wildman–Crippen LogP) is 0.990. The van der Waals surface area contributed by atoms with Gasteiger partial charge in [0.2, 0.25) is 11.8 Å². The van der Waals surface area contributed by atoms with Crippen molar-refractivity contribution in [3.05, 3.63) is 0 Å². The fourth-order valence-electron chi connectivity index (χ4n) is 3.48. The maximum atomic E-state index is 12.5. The van der Waals surface area contributed by atoms with E-state index in [1.807, 2.05) is 4.90 Å². The molecule has 0 saturated carbocycles. The molecular weight excluding hydrogens is 294 g/mol. The van der Waals surface area contributed by atoms with E-state index in [2.05, 4.69) is 18.7 Å². The standard InChI is InChI=1S/C17H31N3O3/c1-13(2)20-9-10-23-15(12-20)11-17(22)19-7-5-14(6-8-19)3-4-16(18)21/h13-15H,3-12H2,1-2H3,(H2,18,21)/t15-/m1/s1. The Balaban J connectivity index is 1.71. The first-order valence-corrected chi connectivity index (χ1v) is 8.87. The quantitative estimate of drug-likeness (QED) is 0.790. The summed E-state index contributed by atoms with van der Waals surface area (Å²) >= 11 is 0. The van der Waals surface area contributed by atoms with Crippen LogP contribution < -0.4 is 5.73 Å². The van der Waals surface area contributed by atoms with E-state index in [9.17, 15) is 9.59 Å². The number of amides is 2. The smallest absolute Gasteiger partial charge is 0.225 e. The molecule has 0 bridgehead atoms. The van der Waals surface area contributed by atoms with Crippen LogP contribution in [0.25, 0.3) is 0 Å². The number of morpholine rings is 1. The number of likely N-dealkylation sites (tertiary alicyclic amines) is 1. The third-order valence-electron chi connectivity index (χ3n) is 5.07. The SMILES string of the molecule is CC(C)N1CCO[C@H](CC(=O)N2CCC(CCC(N)=O)CC2)C1. The highest BCUT2D eigenvalue weighted by Gasteiger charge is 2.28. The van der Waals surface area contributed by atoms with E-state index in [0.717, 1.165) is 45.4 Å². The molecule has 0 radical (unpaired) electrons. The number of nitrogens with zero attached hydrogens (tertiary/aromatic N) is 2. The fourth-order valence-corrected chi connectivity index (χ4v) is 3.48. The maximum absolute atomic E-state index is 12.5. The molecule has 2 heterocycles. The maximum Gasteiger partial charge on any atom is 0.225 e. The molecule has 6 heteroatoms. The number of hydrogen-bond acceptors (Lipinski definition) is 4. The Bertz CT molecular complexity index is 406. The summed E-state index contributed by atoms with van der Waals surface area (Å²) in [5.74, 6) is 0.496. The van der Waals surface area contributed by atoms with Crippen molar-refractivity contribution in [3.8, 4) is 0 Å². The number of hydrogen-bond donors (Lipinski definition) is 1. The summed E-state index contributed by atoms with van der Waals surface area (Å²) < 4.78 is 5.77. The highest BCUT2D eigenvalue weighted by atomic mass is 16.5. The molecule has 1 atom stereocenters. The van der Waals surface area contributed by atoms with Gasteiger partial charge in [0, 0.05) is 38.6 Å². The van der Waals surface area contributed by atoms with E-state index < -0.39 is 0 Å². The molecule has 2 N–H and O–H groups in total. The second-order valence-corrected chi connectivity index (χ2v) is 7.11. The third-order valence-corrected chi connectivity index (χ3v) is 5.07. The molecule has 0 aliphatic carbocycles. The Hall–Kier alpha value is -1.14. The van der Waals surface area contributed by atoms with Gasteiger partial charge in [-0.3, -0.25) is 14.5 Å². The van der Waals surface area contributed by atoms with Gasteiger partial charge in [0.15, 0.2) is 0 Å². The van der Waals surface area contributed by atoms with Gasteiger partial charge in [0.25, 0.3) is 0 Å². The summed E-state index contributed by atoms with van der Waals surface area (Å²) in [5.41, 5.74) is 5.20. The lowest BCUT2D eigenvalue weighted by molar-refractivity contribution is -0.138. The molecule has 0 aromatic carbocycles. The summed E-state index contributed by atoms with van der Waals surface area (Å²) in [6.07, 6.45) is 3.76. The Morgan fingerprint density at radius 1 is 1.22 bits per heavy atom. The average molecular weight is 325 g/mol. The molecule has 6 nitrogen and oxygen atoms in total. The summed E-state index contributed by atoms with van der Waals surface area (Å²) in [6.45, 7) is 8.46. The van der Waals surface area contributed by atoms with Crippen molar-refractivity contribution in [2.24, 2.45) is 11.7 Å². The predicted molar refractivity (Wildman–Crippen MR) is 88.8 cm³/mol. The van der Waals surface area contributed by atoms with E-state index >= 15 is 0 Å². The van der Waals surface area contributed by atoms with Crippen molar-refractivity contribution in [3.63, 3.8) is 0 Å². The molecule has 2 saturated heterocycles. The molecule has 2 rings (SSSR count). The first-order valence-electron chi connectivity index (χ1n) is 8.87. The Morgan fingerprint density at radius 2 is 1.91 bits per heavy atom. The van der Waals surface area contributed by atoms with Crippen LogP contribution in [0.5, 0.6) is 0 Å². The van der Waals surface area contributed by atoms with E-state index in [1.165, 1.54) is 0 Å². The summed E-state index contributed by atoms with van der Waals surface area (Å²) in [4.78, 5) is 27.6. The van der Waals surface area contributed by atoms with E-state index in [0.29, 0.717) is 31.4 Å². The zero-order valence-corrected chi connectivity index (χ0v) is 14.5. The van der Waals surface area contributed by atoms with Gasteiger partial charge in [-0.2, -0.15) is 0 Å². The van der Waals surface area contributed by atoms with Crippen LogP contribution in [0.15, 0.2) is 0 Å². The van der Waals surface area contributed by atoms with Crippen molar-refractivity contribution >= 4 is 11.8 Å². The van der Waals surface area contributed by atoms with Gasteiger partial charge in [0.1, 0.15) is 0 Å². The molecular formula is C17H31N3O3. The molecule has 23 heavy (non-hydrogen) atoms. The zero-order valence-electron chi connectivity index (χ0n) is 14.5. The molecule has 0 aromatic heterocycles. The van der Waals surface area contributed by atoms with Crippen molar-refractivity contribution < 1.29 is 14.3 Å². The summed E-state index contributed by atoms with van der Waals surface area (Å²) in [5, 5.41) is 0. The third kappa shape index (κ3) is 5.77. The van der Waals surface area contributed by atoms with Gasteiger partial charge in [0.05, 0.1) is 19.1 Å².